The van der Waals surface area contributed by atoms with Gasteiger partial charge in [0.25, 0.3) is 0 Å². The minimum absolute atomic E-state index is 0.000000000000000444. The van der Waals surface area contributed by atoms with Crippen molar-refractivity contribution in [1.29, 1.82) is 5.26 Å². The van der Waals surface area contributed by atoms with Crippen molar-refractivity contribution in [3.8, 4) is 6.07 Å². The number of hydrogen-bond acceptors (Lipinski definition) is 7. The summed E-state index contributed by atoms with van der Waals surface area (Å²) in [5.41, 5.74) is 7.74. The lowest BCUT2D eigenvalue weighted by Gasteiger charge is -2.41. The van der Waals surface area contributed by atoms with Gasteiger partial charge in [0.1, 0.15) is 17.7 Å². The lowest BCUT2D eigenvalue weighted by Crippen LogP contribution is -2.35. The highest BCUT2D eigenvalue weighted by molar-refractivity contribution is 6.35. The quantitative estimate of drug-likeness (QED) is 0.655. The second kappa shape index (κ2) is 10.5. The van der Waals surface area contributed by atoms with Crippen molar-refractivity contribution in [1.82, 2.24) is 14.6 Å². The molecular formula is C23H32ClN5O3. The molecule has 1 unspecified atom stereocenters. The molecule has 0 spiro atoms. The van der Waals surface area contributed by atoms with E-state index in [9.17, 15) is 10.1 Å². The number of carbonyl (C=O) groups is 1. The maximum absolute atomic E-state index is 11.2. The van der Waals surface area contributed by atoms with E-state index in [-0.39, 0.29) is 23.4 Å². The Balaban J connectivity index is 0.000000195. The number of esters is 1. The van der Waals surface area contributed by atoms with Gasteiger partial charge in [-0.05, 0) is 38.0 Å². The van der Waals surface area contributed by atoms with Crippen molar-refractivity contribution in [3.63, 3.8) is 0 Å². The molecule has 2 N–H and O–H groups in total. The number of ether oxygens (including phenoxy) is 2. The van der Waals surface area contributed by atoms with Gasteiger partial charge in [-0.1, -0.05) is 38.8 Å². The molecule has 2 aliphatic rings. The Bertz CT molecular complexity index is 982. The second-order valence-electron chi connectivity index (χ2n) is 8.98. The Kier molecular flexibility index (Phi) is 7.96. The summed E-state index contributed by atoms with van der Waals surface area (Å²) in [5.74, 6) is 0.470. The molecule has 2 aromatic rings. The van der Waals surface area contributed by atoms with Crippen LogP contribution < -0.4 is 5.73 Å². The van der Waals surface area contributed by atoms with E-state index in [1.54, 1.807) is 10.7 Å². The zero-order chi connectivity index (χ0) is 23.3. The maximum Gasteiger partial charge on any atom is 0.306 e. The molecule has 2 fully saturated rings. The van der Waals surface area contributed by atoms with Crippen molar-refractivity contribution in [2.45, 2.75) is 77.2 Å². The number of carbonyl (C=O) groups excluding carboxylic acids is 1. The van der Waals surface area contributed by atoms with Gasteiger partial charge in [0, 0.05) is 18.4 Å². The van der Waals surface area contributed by atoms with Crippen molar-refractivity contribution in [2.24, 2.45) is 5.92 Å². The number of nitriles is 1. The summed E-state index contributed by atoms with van der Waals surface area (Å²) >= 11 is 6.29. The Morgan fingerprint density at radius 1 is 1.47 bits per heavy atom. The third-order valence-electron chi connectivity index (χ3n) is 6.24. The fraction of sp³-hybridized carbons (Fsp3) is 0.652. The van der Waals surface area contributed by atoms with Crippen LogP contribution in [0.4, 0.5) is 5.95 Å². The van der Waals surface area contributed by atoms with Crippen molar-refractivity contribution >= 4 is 29.0 Å². The lowest BCUT2D eigenvalue weighted by atomic mass is 9.64. The van der Waals surface area contributed by atoms with E-state index >= 15 is 0 Å². The third kappa shape index (κ3) is 5.16. The number of nitrogen functional groups attached to an aromatic ring is 1. The molecule has 0 aromatic carbocycles. The van der Waals surface area contributed by atoms with Crippen LogP contribution in [-0.2, 0) is 19.7 Å². The number of hydrogen-bond donors (Lipinski definition) is 1. The van der Waals surface area contributed by atoms with Crippen LogP contribution in [0.2, 0.25) is 5.02 Å². The highest BCUT2D eigenvalue weighted by Crippen LogP contribution is 2.49. The zero-order valence-corrected chi connectivity index (χ0v) is 19.8. The molecule has 174 valence electrons. The third-order valence-corrected chi connectivity index (χ3v) is 6.62. The van der Waals surface area contributed by atoms with E-state index < -0.39 is 0 Å². The standard InChI is InChI=1S/C13H14ClN5.C10H18O3/c1-2-13(4-3-5-13)11-8(6-15)10(14)9-7-17-12(16)18-19(9)11;1-8(2)6-10(11)13-9-4-3-5-12-7-9/h7H,2-5H2,1H3,(H2,16,18);8-9H,3-7H2,1-2H3. The van der Waals surface area contributed by atoms with Crippen LogP contribution in [0.15, 0.2) is 6.20 Å². The molecule has 0 amide bonds. The molecule has 32 heavy (non-hydrogen) atoms. The lowest BCUT2D eigenvalue weighted by molar-refractivity contribution is -0.156. The molecule has 8 nitrogen and oxygen atoms in total. The van der Waals surface area contributed by atoms with E-state index in [4.69, 9.17) is 26.8 Å². The molecular weight excluding hydrogens is 430 g/mol. The minimum atomic E-state index is -0.0921. The molecule has 1 aliphatic carbocycles. The number of rotatable bonds is 5. The normalized spacial score (nSPS) is 19.6. The first kappa shape index (κ1) is 24.3. The second-order valence-corrected chi connectivity index (χ2v) is 9.36. The molecule has 1 aliphatic heterocycles. The van der Waals surface area contributed by atoms with E-state index in [2.05, 4.69) is 23.1 Å². The van der Waals surface area contributed by atoms with Gasteiger partial charge in [0.2, 0.25) is 5.95 Å². The van der Waals surface area contributed by atoms with Crippen molar-refractivity contribution < 1.29 is 14.3 Å². The summed E-state index contributed by atoms with van der Waals surface area (Å²) < 4.78 is 12.2. The average molecular weight is 462 g/mol. The van der Waals surface area contributed by atoms with Crippen molar-refractivity contribution in [3.05, 3.63) is 22.5 Å². The number of fused-ring (bicyclic) bond motifs is 1. The molecule has 1 atom stereocenters. The topological polar surface area (TPSA) is 116 Å². The SMILES string of the molecule is CC(C)CC(=O)OC1CCCOC1.CCC1(c2c(C#N)c(Cl)c3cnc(N)nn23)CCC1. The number of halogens is 1. The van der Waals surface area contributed by atoms with Crippen LogP contribution in [0.5, 0.6) is 0 Å². The molecule has 3 heterocycles. The molecule has 9 heteroatoms. The Morgan fingerprint density at radius 3 is 2.75 bits per heavy atom. The summed E-state index contributed by atoms with van der Waals surface area (Å²) in [6, 6.07) is 2.22. The van der Waals surface area contributed by atoms with Gasteiger partial charge in [-0.2, -0.15) is 5.26 Å². The predicted molar refractivity (Wildman–Crippen MR) is 122 cm³/mol. The van der Waals surface area contributed by atoms with Gasteiger partial charge in [0.05, 0.1) is 29.1 Å². The van der Waals surface area contributed by atoms with Crippen LogP contribution in [0.1, 0.15) is 77.0 Å². The van der Waals surface area contributed by atoms with Gasteiger partial charge in [0.15, 0.2) is 0 Å². The minimum Gasteiger partial charge on any atom is -0.460 e. The summed E-state index contributed by atoms with van der Waals surface area (Å²) in [4.78, 5) is 15.2. The fourth-order valence-corrected chi connectivity index (χ4v) is 4.61. The first-order valence-electron chi connectivity index (χ1n) is 11.3. The molecule has 1 saturated carbocycles. The predicted octanol–water partition coefficient (Wildman–Crippen LogP) is 4.42. The van der Waals surface area contributed by atoms with Crippen molar-refractivity contribution in [2.75, 3.05) is 18.9 Å². The summed E-state index contributed by atoms with van der Waals surface area (Å²) in [6.07, 6.45) is 8.30. The average Bonchev–Trinajstić information content (AvgIpc) is 3.00. The highest BCUT2D eigenvalue weighted by atomic mass is 35.5. The van der Waals surface area contributed by atoms with E-state index in [0.717, 1.165) is 44.4 Å². The number of aromatic nitrogens is 3. The fourth-order valence-electron chi connectivity index (χ4n) is 4.35. The van der Waals surface area contributed by atoms with Gasteiger partial charge >= 0.3 is 5.97 Å². The summed E-state index contributed by atoms with van der Waals surface area (Å²) in [5, 5.41) is 14.1. The molecule has 4 rings (SSSR count). The first-order valence-corrected chi connectivity index (χ1v) is 11.7. The molecule has 1 saturated heterocycles. The van der Waals surface area contributed by atoms with E-state index in [1.165, 1.54) is 6.42 Å². The van der Waals surface area contributed by atoms with Crippen LogP contribution in [-0.4, -0.2) is 39.9 Å². The van der Waals surface area contributed by atoms with Crippen LogP contribution >= 0.6 is 11.6 Å². The Hall–Kier alpha value is -2.37. The number of anilines is 1. The van der Waals surface area contributed by atoms with Crippen LogP contribution in [0.25, 0.3) is 5.52 Å². The first-order chi connectivity index (χ1) is 15.3. The van der Waals surface area contributed by atoms with E-state index in [1.807, 2.05) is 13.8 Å². The maximum atomic E-state index is 11.2. The van der Waals surface area contributed by atoms with Gasteiger partial charge in [-0.3, -0.25) is 4.79 Å². The van der Waals surface area contributed by atoms with E-state index in [0.29, 0.717) is 35.0 Å². The summed E-state index contributed by atoms with van der Waals surface area (Å²) in [6.45, 7) is 7.54. The largest absolute Gasteiger partial charge is 0.460 e. The van der Waals surface area contributed by atoms with Crippen LogP contribution in [0.3, 0.4) is 0 Å². The molecule has 0 bridgehead atoms. The summed E-state index contributed by atoms with van der Waals surface area (Å²) in [7, 11) is 0. The van der Waals surface area contributed by atoms with Gasteiger partial charge in [-0.15, -0.1) is 5.10 Å². The smallest absolute Gasteiger partial charge is 0.306 e. The number of nitrogens with zero attached hydrogens (tertiary/aromatic N) is 4. The monoisotopic (exact) mass is 461 g/mol. The number of nitrogens with two attached hydrogens (primary N) is 1. The highest BCUT2D eigenvalue weighted by Gasteiger charge is 2.42. The van der Waals surface area contributed by atoms with Gasteiger partial charge in [-0.25, -0.2) is 9.50 Å². The zero-order valence-electron chi connectivity index (χ0n) is 19.1. The molecule has 2 aromatic heterocycles. The Morgan fingerprint density at radius 2 is 2.22 bits per heavy atom. The molecule has 0 radical (unpaired) electrons. The Labute approximate surface area is 194 Å². The van der Waals surface area contributed by atoms with Crippen LogP contribution in [0, 0.1) is 17.2 Å². The van der Waals surface area contributed by atoms with Gasteiger partial charge < -0.3 is 15.2 Å².